The largest absolute Gasteiger partial charge is 0.508 e. The molecule has 0 amide bonds. The highest BCUT2D eigenvalue weighted by atomic mass is 32.1. The smallest absolute Gasteiger partial charge is 0.134 e. The molecule has 3 rings (SSSR count). The first-order chi connectivity index (χ1) is 9.24. The van der Waals surface area contributed by atoms with Crippen LogP contribution in [-0.2, 0) is 0 Å². The van der Waals surface area contributed by atoms with Gasteiger partial charge in [0.25, 0.3) is 0 Å². The highest BCUT2D eigenvalue weighted by molar-refractivity contribution is 7.08. The van der Waals surface area contributed by atoms with Gasteiger partial charge in [-0.05, 0) is 52.9 Å². The van der Waals surface area contributed by atoms with Crippen LogP contribution in [0, 0.1) is 0 Å². The minimum atomic E-state index is 0.187. The molecule has 0 radical (unpaired) electrons. The maximum atomic E-state index is 9.62. The highest BCUT2D eigenvalue weighted by Gasteiger charge is 2.09. The average Bonchev–Trinajstić information content (AvgIpc) is 2.93. The number of anilines is 1. The number of nitrogens with zero attached hydrogens (tertiary/aromatic N) is 1. The molecule has 1 aromatic carbocycles. The number of phenolic OH excluding ortho intramolecular Hbond substituents is 1. The topological polar surface area (TPSA) is 45.2 Å². The van der Waals surface area contributed by atoms with E-state index in [0.717, 1.165) is 16.6 Å². The van der Waals surface area contributed by atoms with Crippen LogP contribution in [0.2, 0.25) is 0 Å². The Labute approximate surface area is 115 Å². The summed E-state index contributed by atoms with van der Waals surface area (Å²) in [5.41, 5.74) is 1.24. The molecule has 2 N–H and O–H groups in total. The van der Waals surface area contributed by atoms with Crippen LogP contribution in [-0.4, -0.2) is 10.1 Å². The van der Waals surface area contributed by atoms with E-state index in [1.165, 1.54) is 5.56 Å². The summed E-state index contributed by atoms with van der Waals surface area (Å²) >= 11 is 1.68. The number of aromatic hydroxyl groups is 1. The quantitative estimate of drug-likeness (QED) is 0.750. The summed E-state index contributed by atoms with van der Waals surface area (Å²) in [6.45, 7) is 2.10. The van der Waals surface area contributed by atoms with Crippen molar-refractivity contribution in [1.29, 1.82) is 0 Å². The molecule has 0 bridgehead atoms. The summed E-state index contributed by atoms with van der Waals surface area (Å²) in [5.74, 6) is 1.05. The predicted molar refractivity (Wildman–Crippen MR) is 79.8 cm³/mol. The molecule has 96 valence electrons. The molecule has 3 aromatic rings. The van der Waals surface area contributed by atoms with Gasteiger partial charge in [-0.25, -0.2) is 4.98 Å². The molecular weight excluding hydrogens is 256 g/mol. The highest BCUT2D eigenvalue weighted by Crippen LogP contribution is 2.28. The van der Waals surface area contributed by atoms with Crippen molar-refractivity contribution in [3.63, 3.8) is 0 Å². The second kappa shape index (κ2) is 4.90. The lowest BCUT2D eigenvalue weighted by atomic mass is 10.1. The summed E-state index contributed by atoms with van der Waals surface area (Å²) in [6, 6.07) is 9.55. The lowest BCUT2D eigenvalue weighted by Gasteiger charge is -2.15. The van der Waals surface area contributed by atoms with Crippen LogP contribution < -0.4 is 5.32 Å². The normalized spacial score (nSPS) is 12.5. The standard InChI is InChI=1S/C15H14N2OS/c1-10(12-5-7-19-9-12)17-15-14-8-13(18)3-2-11(14)4-6-16-15/h2-10,18H,1H3,(H,16,17). The van der Waals surface area contributed by atoms with Crippen molar-refractivity contribution in [2.75, 3.05) is 5.32 Å². The number of aromatic nitrogens is 1. The number of thiophene rings is 1. The first-order valence-corrected chi connectivity index (χ1v) is 7.05. The molecule has 0 saturated carbocycles. The molecule has 0 fully saturated rings. The Morgan fingerprint density at radius 2 is 2.16 bits per heavy atom. The predicted octanol–water partition coefficient (Wildman–Crippen LogP) is 4.18. The van der Waals surface area contributed by atoms with Crippen LogP contribution in [0.4, 0.5) is 5.82 Å². The van der Waals surface area contributed by atoms with E-state index in [-0.39, 0.29) is 11.8 Å². The Morgan fingerprint density at radius 1 is 1.26 bits per heavy atom. The van der Waals surface area contributed by atoms with Crippen molar-refractivity contribution in [1.82, 2.24) is 4.98 Å². The molecule has 19 heavy (non-hydrogen) atoms. The molecular formula is C15H14N2OS. The first-order valence-electron chi connectivity index (χ1n) is 6.10. The molecule has 0 aliphatic carbocycles. The second-order valence-corrected chi connectivity index (χ2v) is 5.27. The zero-order valence-electron chi connectivity index (χ0n) is 10.5. The van der Waals surface area contributed by atoms with E-state index in [4.69, 9.17) is 0 Å². The third-order valence-electron chi connectivity index (χ3n) is 3.15. The van der Waals surface area contributed by atoms with Crippen LogP contribution in [0.3, 0.4) is 0 Å². The second-order valence-electron chi connectivity index (χ2n) is 4.49. The van der Waals surface area contributed by atoms with E-state index in [9.17, 15) is 5.11 Å². The SMILES string of the molecule is CC(Nc1nccc2ccc(O)cc12)c1ccsc1. The molecule has 0 aliphatic rings. The molecule has 1 unspecified atom stereocenters. The van der Waals surface area contributed by atoms with Gasteiger partial charge < -0.3 is 10.4 Å². The van der Waals surface area contributed by atoms with E-state index in [1.807, 2.05) is 12.1 Å². The monoisotopic (exact) mass is 270 g/mol. The lowest BCUT2D eigenvalue weighted by Crippen LogP contribution is -2.07. The van der Waals surface area contributed by atoms with Crippen molar-refractivity contribution in [2.45, 2.75) is 13.0 Å². The van der Waals surface area contributed by atoms with Gasteiger partial charge in [0.1, 0.15) is 11.6 Å². The van der Waals surface area contributed by atoms with Crippen molar-refractivity contribution < 1.29 is 5.11 Å². The van der Waals surface area contributed by atoms with Gasteiger partial charge in [0.15, 0.2) is 0 Å². The molecule has 3 nitrogen and oxygen atoms in total. The van der Waals surface area contributed by atoms with Gasteiger partial charge in [-0.1, -0.05) is 6.07 Å². The van der Waals surface area contributed by atoms with Crippen LogP contribution in [0.1, 0.15) is 18.5 Å². The first kappa shape index (κ1) is 12.0. The fraction of sp³-hybridized carbons (Fsp3) is 0.133. The van der Waals surface area contributed by atoms with Crippen LogP contribution in [0.15, 0.2) is 47.3 Å². The zero-order valence-corrected chi connectivity index (χ0v) is 11.3. The van der Waals surface area contributed by atoms with Crippen molar-refractivity contribution in [3.05, 3.63) is 52.9 Å². The molecule has 2 heterocycles. The van der Waals surface area contributed by atoms with Crippen LogP contribution in [0.5, 0.6) is 5.75 Å². The number of rotatable bonds is 3. The van der Waals surface area contributed by atoms with E-state index in [1.54, 1.807) is 29.7 Å². The summed E-state index contributed by atoms with van der Waals surface area (Å²) < 4.78 is 0. The number of nitrogens with one attached hydrogen (secondary N) is 1. The van der Waals surface area contributed by atoms with Gasteiger partial charge in [-0.3, -0.25) is 0 Å². The molecule has 1 atom stereocenters. The third kappa shape index (κ3) is 2.39. The molecule has 4 heteroatoms. The van der Waals surface area contributed by atoms with Gasteiger partial charge in [-0.2, -0.15) is 11.3 Å². The van der Waals surface area contributed by atoms with Gasteiger partial charge in [0, 0.05) is 11.6 Å². The maximum Gasteiger partial charge on any atom is 0.134 e. The number of hydrogen-bond acceptors (Lipinski definition) is 4. The van der Waals surface area contributed by atoms with Crippen molar-refractivity contribution in [3.8, 4) is 5.75 Å². The van der Waals surface area contributed by atoms with Crippen molar-refractivity contribution in [2.24, 2.45) is 0 Å². The maximum absolute atomic E-state index is 9.62. The summed E-state index contributed by atoms with van der Waals surface area (Å²) in [4.78, 5) is 4.38. The van der Waals surface area contributed by atoms with E-state index < -0.39 is 0 Å². The number of pyridine rings is 1. The number of hydrogen-bond donors (Lipinski definition) is 2. The number of fused-ring (bicyclic) bond motifs is 1. The third-order valence-corrected chi connectivity index (χ3v) is 3.85. The summed E-state index contributed by atoms with van der Waals surface area (Å²) in [6.07, 6.45) is 1.78. The number of benzene rings is 1. The average molecular weight is 270 g/mol. The molecule has 0 saturated heterocycles. The lowest BCUT2D eigenvalue weighted by molar-refractivity contribution is 0.476. The molecule has 2 aromatic heterocycles. The Balaban J connectivity index is 1.98. The van der Waals surface area contributed by atoms with Gasteiger partial charge in [0.05, 0.1) is 6.04 Å². The Kier molecular flexibility index (Phi) is 3.09. The van der Waals surface area contributed by atoms with Gasteiger partial charge >= 0.3 is 0 Å². The van der Waals surface area contributed by atoms with E-state index in [0.29, 0.717) is 0 Å². The molecule has 0 spiro atoms. The fourth-order valence-electron chi connectivity index (χ4n) is 2.08. The minimum Gasteiger partial charge on any atom is -0.508 e. The Bertz CT molecular complexity index is 694. The summed E-state index contributed by atoms with van der Waals surface area (Å²) in [7, 11) is 0. The zero-order chi connectivity index (χ0) is 13.2. The summed E-state index contributed by atoms with van der Waals surface area (Å²) in [5, 5.41) is 19.2. The minimum absolute atomic E-state index is 0.187. The van der Waals surface area contributed by atoms with Crippen molar-refractivity contribution >= 4 is 27.9 Å². The van der Waals surface area contributed by atoms with Crippen LogP contribution >= 0.6 is 11.3 Å². The number of phenols is 1. The van der Waals surface area contributed by atoms with E-state index in [2.05, 4.69) is 34.1 Å². The van der Waals surface area contributed by atoms with Crippen LogP contribution in [0.25, 0.3) is 10.8 Å². The van der Waals surface area contributed by atoms with Gasteiger partial charge in [0.2, 0.25) is 0 Å². The fourth-order valence-corrected chi connectivity index (χ4v) is 2.84. The Hall–Kier alpha value is -2.07. The van der Waals surface area contributed by atoms with Gasteiger partial charge in [-0.15, -0.1) is 0 Å². The Morgan fingerprint density at radius 3 is 2.95 bits per heavy atom. The van der Waals surface area contributed by atoms with E-state index >= 15 is 0 Å². The molecule has 0 aliphatic heterocycles.